The molecule has 1 aromatic heterocycles. The molecule has 0 saturated carbocycles. The van der Waals surface area contributed by atoms with Crippen molar-refractivity contribution in [1.82, 2.24) is 10.3 Å². The monoisotopic (exact) mass is 345 g/mol. The Balaban J connectivity index is 1.95. The van der Waals surface area contributed by atoms with Gasteiger partial charge in [-0.05, 0) is 41.8 Å². The summed E-state index contributed by atoms with van der Waals surface area (Å²) in [5.41, 5.74) is 8.70. The molecule has 26 heavy (non-hydrogen) atoms. The molecule has 0 unspecified atom stereocenters. The Labute approximate surface area is 151 Å². The largest absolute Gasteiger partial charge is 0.366 e. The quantitative estimate of drug-likeness (QED) is 0.673. The molecule has 3 aromatic rings. The number of aromatic nitrogens is 1. The van der Waals surface area contributed by atoms with E-state index in [1.165, 1.54) is 0 Å². The molecule has 3 N–H and O–H groups in total. The van der Waals surface area contributed by atoms with Crippen molar-refractivity contribution in [2.75, 3.05) is 13.6 Å². The third-order valence-electron chi connectivity index (χ3n) is 4.08. The number of fused-ring (bicyclic) bond motifs is 1. The van der Waals surface area contributed by atoms with E-state index in [1.54, 1.807) is 43.7 Å². The van der Waals surface area contributed by atoms with Crippen molar-refractivity contribution in [1.29, 1.82) is 0 Å². The number of hydrogen-bond donors (Lipinski definition) is 2. The van der Waals surface area contributed by atoms with E-state index in [1.807, 2.05) is 30.3 Å². The SMILES string of the molecule is CNCC(=O)/C=C/c1ccc(-c2cncc3ccc(C(N)=O)cc23)cc1. The smallest absolute Gasteiger partial charge is 0.248 e. The zero-order valence-electron chi connectivity index (χ0n) is 14.4. The average molecular weight is 345 g/mol. The molecule has 1 heterocycles. The van der Waals surface area contributed by atoms with Crippen molar-refractivity contribution in [3.63, 3.8) is 0 Å². The molecule has 5 nitrogen and oxygen atoms in total. The zero-order valence-corrected chi connectivity index (χ0v) is 14.4. The van der Waals surface area contributed by atoms with Crippen LogP contribution in [0.1, 0.15) is 15.9 Å². The lowest BCUT2D eigenvalue weighted by Crippen LogP contribution is -2.15. The fourth-order valence-electron chi connectivity index (χ4n) is 2.74. The lowest BCUT2D eigenvalue weighted by molar-refractivity contribution is -0.113. The minimum Gasteiger partial charge on any atom is -0.366 e. The fourth-order valence-corrected chi connectivity index (χ4v) is 2.74. The first-order valence-electron chi connectivity index (χ1n) is 8.22. The Bertz CT molecular complexity index is 992. The summed E-state index contributed by atoms with van der Waals surface area (Å²) in [5.74, 6) is -0.435. The number of rotatable bonds is 6. The van der Waals surface area contributed by atoms with Gasteiger partial charge in [0.1, 0.15) is 0 Å². The molecular weight excluding hydrogens is 326 g/mol. The molecule has 1 amide bonds. The number of nitrogens with one attached hydrogen (secondary N) is 1. The van der Waals surface area contributed by atoms with Gasteiger partial charge in [-0.3, -0.25) is 14.6 Å². The van der Waals surface area contributed by atoms with E-state index >= 15 is 0 Å². The third kappa shape index (κ3) is 3.84. The molecular formula is C21H19N3O2. The van der Waals surface area contributed by atoms with Gasteiger partial charge in [-0.15, -0.1) is 0 Å². The van der Waals surface area contributed by atoms with Gasteiger partial charge in [0, 0.05) is 28.9 Å². The van der Waals surface area contributed by atoms with Gasteiger partial charge in [0.25, 0.3) is 0 Å². The first kappa shape index (κ1) is 17.5. The van der Waals surface area contributed by atoms with Crippen LogP contribution in [0.15, 0.2) is 60.9 Å². The second kappa shape index (κ2) is 7.72. The molecule has 2 aromatic carbocycles. The molecule has 0 atom stereocenters. The summed E-state index contributed by atoms with van der Waals surface area (Å²) in [6.45, 7) is 0.318. The van der Waals surface area contributed by atoms with Gasteiger partial charge in [-0.1, -0.05) is 36.4 Å². The molecule has 0 aliphatic carbocycles. The highest BCUT2D eigenvalue weighted by Crippen LogP contribution is 2.28. The Morgan fingerprint density at radius 1 is 1.12 bits per heavy atom. The Kier molecular flexibility index (Phi) is 5.20. The number of pyridine rings is 1. The van der Waals surface area contributed by atoms with Gasteiger partial charge in [0.15, 0.2) is 5.78 Å². The molecule has 0 bridgehead atoms. The van der Waals surface area contributed by atoms with Gasteiger partial charge in [0.2, 0.25) is 5.91 Å². The second-order valence-electron chi connectivity index (χ2n) is 5.94. The first-order valence-corrected chi connectivity index (χ1v) is 8.22. The van der Waals surface area contributed by atoms with Gasteiger partial charge in [0.05, 0.1) is 6.54 Å². The van der Waals surface area contributed by atoms with E-state index in [0.29, 0.717) is 12.1 Å². The van der Waals surface area contributed by atoms with Crippen LogP contribution in [0.2, 0.25) is 0 Å². The summed E-state index contributed by atoms with van der Waals surface area (Å²) in [5, 5.41) is 4.68. The first-order chi connectivity index (χ1) is 12.6. The number of primary amides is 1. The van der Waals surface area contributed by atoms with E-state index in [4.69, 9.17) is 5.73 Å². The predicted molar refractivity (Wildman–Crippen MR) is 104 cm³/mol. The lowest BCUT2D eigenvalue weighted by Gasteiger charge is -2.08. The molecule has 3 rings (SSSR count). The second-order valence-corrected chi connectivity index (χ2v) is 5.94. The zero-order chi connectivity index (χ0) is 18.5. The third-order valence-corrected chi connectivity index (χ3v) is 4.08. The van der Waals surface area contributed by atoms with Crippen LogP contribution in [-0.2, 0) is 4.79 Å². The van der Waals surface area contributed by atoms with Gasteiger partial charge in [-0.2, -0.15) is 0 Å². The van der Waals surface area contributed by atoms with Crippen LogP contribution in [-0.4, -0.2) is 30.3 Å². The minimum absolute atomic E-state index is 0.0220. The molecule has 0 radical (unpaired) electrons. The Morgan fingerprint density at radius 2 is 1.88 bits per heavy atom. The molecule has 0 fully saturated rings. The summed E-state index contributed by atoms with van der Waals surface area (Å²) in [7, 11) is 1.74. The normalized spacial score (nSPS) is 11.1. The van der Waals surface area contributed by atoms with Crippen LogP contribution >= 0.6 is 0 Å². The van der Waals surface area contributed by atoms with E-state index in [-0.39, 0.29) is 5.78 Å². The topological polar surface area (TPSA) is 85.1 Å². The maximum atomic E-state index is 11.5. The fraction of sp³-hybridized carbons (Fsp3) is 0.0952. The number of nitrogens with zero attached hydrogens (tertiary/aromatic N) is 1. The number of nitrogens with two attached hydrogens (primary N) is 1. The van der Waals surface area contributed by atoms with Gasteiger partial charge >= 0.3 is 0 Å². The van der Waals surface area contributed by atoms with Crippen molar-refractivity contribution < 1.29 is 9.59 Å². The summed E-state index contributed by atoms with van der Waals surface area (Å²) in [6, 6.07) is 13.2. The number of ketones is 1. The maximum Gasteiger partial charge on any atom is 0.248 e. The van der Waals surface area contributed by atoms with Gasteiger partial charge in [-0.25, -0.2) is 0 Å². The van der Waals surface area contributed by atoms with Crippen LogP contribution in [0.25, 0.3) is 28.0 Å². The van der Waals surface area contributed by atoms with Crippen LogP contribution in [0.4, 0.5) is 0 Å². The summed E-state index contributed by atoms with van der Waals surface area (Å²) in [4.78, 5) is 27.3. The van der Waals surface area contributed by atoms with Crippen molar-refractivity contribution >= 4 is 28.5 Å². The Morgan fingerprint density at radius 3 is 2.58 bits per heavy atom. The number of likely N-dealkylation sites (N-methyl/N-ethyl adjacent to an activating group) is 1. The predicted octanol–water partition coefficient (Wildman–Crippen LogP) is 2.80. The van der Waals surface area contributed by atoms with E-state index in [0.717, 1.165) is 27.5 Å². The number of carbonyl (C=O) groups excluding carboxylic acids is 2. The van der Waals surface area contributed by atoms with Crippen LogP contribution < -0.4 is 11.1 Å². The van der Waals surface area contributed by atoms with Crippen LogP contribution in [0, 0.1) is 0 Å². The van der Waals surface area contributed by atoms with Crippen LogP contribution in [0.5, 0.6) is 0 Å². The van der Waals surface area contributed by atoms with Crippen molar-refractivity contribution in [3.8, 4) is 11.1 Å². The Hall–Kier alpha value is -3.31. The van der Waals surface area contributed by atoms with Crippen LogP contribution in [0.3, 0.4) is 0 Å². The average Bonchev–Trinajstić information content (AvgIpc) is 2.66. The highest BCUT2D eigenvalue weighted by molar-refractivity contribution is 6.02. The maximum absolute atomic E-state index is 11.5. The summed E-state index contributed by atoms with van der Waals surface area (Å²) in [6.07, 6.45) is 6.88. The lowest BCUT2D eigenvalue weighted by atomic mass is 9.98. The van der Waals surface area contributed by atoms with E-state index in [9.17, 15) is 9.59 Å². The molecule has 0 aliphatic rings. The minimum atomic E-state index is -0.457. The molecule has 0 saturated heterocycles. The van der Waals surface area contributed by atoms with Crippen molar-refractivity contribution in [2.45, 2.75) is 0 Å². The van der Waals surface area contributed by atoms with Crippen molar-refractivity contribution in [2.24, 2.45) is 5.73 Å². The highest BCUT2D eigenvalue weighted by Gasteiger charge is 2.08. The molecule has 5 heteroatoms. The summed E-state index contributed by atoms with van der Waals surface area (Å²) >= 11 is 0. The molecule has 130 valence electrons. The standard InChI is InChI=1S/C21H19N3O2/c1-23-12-18(25)9-4-14-2-5-15(6-3-14)20-13-24-11-17-8-7-16(21(22)26)10-19(17)20/h2-11,13,23H,12H2,1H3,(H2,22,26)/b9-4+. The number of hydrogen-bond acceptors (Lipinski definition) is 4. The molecule has 0 aliphatic heterocycles. The van der Waals surface area contributed by atoms with E-state index < -0.39 is 5.91 Å². The van der Waals surface area contributed by atoms with Crippen molar-refractivity contribution in [3.05, 3.63) is 72.1 Å². The number of carbonyl (C=O) groups is 2. The highest BCUT2D eigenvalue weighted by atomic mass is 16.1. The van der Waals surface area contributed by atoms with Gasteiger partial charge < -0.3 is 11.1 Å². The molecule has 0 spiro atoms. The summed E-state index contributed by atoms with van der Waals surface area (Å²) < 4.78 is 0. The number of amides is 1. The van der Waals surface area contributed by atoms with E-state index in [2.05, 4.69) is 10.3 Å². The number of benzene rings is 2.